The second kappa shape index (κ2) is 4.11. The van der Waals surface area contributed by atoms with Crippen LogP contribution < -0.4 is 11.5 Å². The van der Waals surface area contributed by atoms with Crippen molar-refractivity contribution in [3.05, 3.63) is 0 Å². The fourth-order valence-electron chi connectivity index (χ4n) is 0.259. The number of nitrogens with one attached hydrogen (secondary N) is 1. The van der Waals surface area contributed by atoms with Crippen molar-refractivity contribution < 1.29 is 4.84 Å². The molecule has 0 radical (unpaired) electrons. The van der Waals surface area contributed by atoms with Gasteiger partial charge in [0.1, 0.15) is 0 Å². The zero-order valence-electron chi connectivity index (χ0n) is 5.42. The fourth-order valence-corrected chi connectivity index (χ4v) is 0.259. The maximum absolute atomic E-state index is 6.82. The van der Waals surface area contributed by atoms with Crippen molar-refractivity contribution in [1.82, 2.24) is 5.06 Å². The number of nitrogens with two attached hydrogens (primary N) is 2. The molecular formula is C4H12N4O. The first-order chi connectivity index (χ1) is 4.18. The van der Waals surface area contributed by atoms with Gasteiger partial charge in [0.2, 0.25) is 5.96 Å². The lowest BCUT2D eigenvalue weighted by molar-refractivity contribution is -0.0771. The summed E-state index contributed by atoms with van der Waals surface area (Å²) < 4.78 is 0. The van der Waals surface area contributed by atoms with Crippen LogP contribution in [0, 0.1) is 5.41 Å². The number of rotatable bonds is 3. The third-order valence-corrected chi connectivity index (χ3v) is 0.742. The molecule has 0 aromatic carbocycles. The average Bonchev–Trinajstić information content (AvgIpc) is 1.82. The molecule has 5 heteroatoms. The summed E-state index contributed by atoms with van der Waals surface area (Å²) in [4.78, 5) is 4.81. The first-order valence-corrected chi connectivity index (χ1v) is 2.59. The quantitative estimate of drug-likeness (QED) is 0.253. The van der Waals surface area contributed by atoms with Crippen LogP contribution in [0.25, 0.3) is 0 Å². The molecule has 0 rings (SSSR count). The molecule has 0 unspecified atom stereocenters. The van der Waals surface area contributed by atoms with E-state index in [1.54, 1.807) is 7.05 Å². The normalized spacial score (nSPS) is 9.11. The Balaban J connectivity index is 3.27. The second-order valence-corrected chi connectivity index (χ2v) is 1.50. The zero-order chi connectivity index (χ0) is 7.28. The van der Waals surface area contributed by atoms with E-state index in [4.69, 9.17) is 21.7 Å². The summed E-state index contributed by atoms with van der Waals surface area (Å²) >= 11 is 0. The highest BCUT2D eigenvalue weighted by molar-refractivity contribution is 5.72. The molecular weight excluding hydrogens is 120 g/mol. The van der Waals surface area contributed by atoms with Gasteiger partial charge in [-0.2, -0.15) is 0 Å². The highest BCUT2D eigenvalue weighted by Crippen LogP contribution is 1.79. The van der Waals surface area contributed by atoms with Gasteiger partial charge >= 0.3 is 0 Å². The summed E-state index contributed by atoms with van der Waals surface area (Å²) in [6, 6.07) is 0. The Kier molecular flexibility index (Phi) is 3.74. The molecule has 0 saturated carbocycles. The van der Waals surface area contributed by atoms with Crippen LogP contribution in [0.4, 0.5) is 0 Å². The standard InChI is InChI=1S/C4H12N4O/c1-8(4(6)7)9-3-2-5/h2-3,5H2,1H3,(H3,6,7). The minimum Gasteiger partial charge on any atom is -0.368 e. The summed E-state index contributed by atoms with van der Waals surface area (Å²) in [6.45, 7) is 0.813. The van der Waals surface area contributed by atoms with Gasteiger partial charge in [0.05, 0.1) is 6.61 Å². The molecule has 0 aromatic heterocycles. The van der Waals surface area contributed by atoms with Gasteiger partial charge in [-0.1, -0.05) is 0 Å². The van der Waals surface area contributed by atoms with Crippen LogP contribution in [-0.2, 0) is 4.84 Å². The summed E-state index contributed by atoms with van der Waals surface area (Å²) in [7, 11) is 1.55. The van der Waals surface area contributed by atoms with E-state index < -0.39 is 0 Å². The van der Waals surface area contributed by atoms with Crippen LogP contribution in [-0.4, -0.2) is 31.2 Å². The molecule has 0 aromatic rings. The largest absolute Gasteiger partial charge is 0.368 e. The first-order valence-electron chi connectivity index (χ1n) is 2.59. The van der Waals surface area contributed by atoms with Gasteiger partial charge in [0.15, 0.2) is 0 Å². The third-order valence-electron chi connectivity index (χ3n) is 0.742. The first kappa shape index (κ1) is 8.19. The van der Waals surface area contributed by atoms with E-state index in [2.05, 4.69) is 0 Å². The van der Waals surface area contributed by atoms with Gasteiger partial charge < -0.3 is 11.5 Å². The summed E-state index contributed by atoms with van der Waals surface area (Å²) in [6.07, 6.45) is 0. The Labute approximate surface area is 54.0 Å². The van der Waals surface area contributed by atoms with Gasteiger partial charge in [-0.25, -0.2) is 5.06 Å². The molecule has 5 nitrogen and oxygen atoms in total. The van der Waals surface area contributed by atoms with Crippen molar-refractivity contribution in [1.29, 1.82) is 5.41 Å². The van der Waals surface area contributed by atoms with E-state index in [9.17, 15) is 0 Å². The molecule has 0 heterocycles. The molecule has 9 heavy (non-hydrogen) atoms. The van der Waals surface area contributed by atoms with Crippen molar-refractivity contribution in [2.45, 2.75) is 0 Å². The lowest BCUT2D eigenvalue weighted by Crippen LogP contribution is -2.34. The molecule has 0 spiro atoms. The van der Waals surface area contributed by atoms with Gasteiger partial charge in [-0.05, 0) is 0 Å². The van der Waals surface area contributed by atoms with Crippen LogP contribution >= 0.6 is 0 Å². The average molecular weight is 132 g/mol. The lowest BCUT2D eigenvalue weighted by Gasteiger charge is -2.14. The topological polar surface area (TPSA) is 88.4 Å². The van der Waals surface area contributed by atoms with Crippen LogP contribution in [0.3, 0.4) is 0 Å². The Morgan fingerprint density at radius 3 is 2.67 bits per heavy atom. The van der Waals surface area contributed by atoms with Crippen molar-refractivity contribution in [3.63, 3.8) is 0 Å². The molecule has 54 valence electrons. The SMILES string of the molecule is CN(OCCN)C(=N)N. The van der Waals surface area contributed by atoms with E-state index in [0.717, 1.165) is 5.06 Å². The predicted octanol–water partition coefficient (Wildman–Crippen LogP) is -1.30. The van der Waals surface area contributed by atoms with Crippen molar-refractivity contribution in [3.8, 4) is 0 Å². The maximum Gasteiger partial charge on any atom is 0.212 e. The Morgan fingerprint density at radius 1 is 1.78 bits per heavy atom. The molecule has 0 bridgehead atoms. The number of hydrogen-bond donors (Lipinski definition) is 3. The Morgan fingerprint density at radius 2 is 2.33 bits per heavy atom. The van der Waals surface area contributed by atoms with Crippen molar-refractivity contribution in [2.24, 2.45) is 11.5 Å². The van der Waals surface area contributed by atoms with E-state index >= 15 is 0 Å². The predicted molar refractivity (Wildman–Crippen MR) is 34.7 cm³/mol. The van der Waals surface area contributed by atoms with Crippen LogP contribution in [0.1, 0.15) is 0 Å². The smallest absolute Gasteiger partial charge is 0.212 e. The molecule has 0 aliphatic heterocycles. The zero-order valence-corrected chi connectivity index (χ0v) is 5.42. The number of nitrogens with zero attached hydrogens (tertiary/aromatic N) is 1. The van der Waals surface area contributed by atoms with E-state index in [0.29, 0.717) is 13.2 Å². The van der Waals surface area contributed by atoms with Gasteiger partial charge in [-0.15, -0.1) is 0 Å². The summed E-state index contributed by atoms with van der Waals surface area (Å²) in [5.41, 5.74) is 10.1. The Hall–Kier alpha value is -0.810. The Bertz CT molecular complexity index is 94.6. The van der Waals surface area contributed by atoms with Crippen LogP contribution in [0.5, 0.6) is 0 Å². The number of guanidine groups is 1. The highest BCUT2D eigenvalue weighted by atomic mass is 16.7. The summed E-state index contributed by atoms with van der Waals surface area (Å²) in [5.74, 6) is -0.122. The fraction of sp³-hybridized carbons (Fsp3) is 0.750. The van der Waals surface area contributed by atoms with Gasteiger partial charge in [-0.3, -0.25) is 10.2 Å². The third kappa shape index (κ3) is 3.75. The van der Waals surface area contributed by atoms with Gasteiger partial charge in [0, 0.05) is 13.6 Å². The minimum absolute atomic E-state index is 0.122. The van der Waals surface area contributed by atoms with Crippen molar-refractivity contribution >= 4 is 5.96 Å². The van der Waals surface area contributed by atoms with Crippen LogP contribution in [0.2, 0.25) is 0 Å². The van der Waals surface area contributed by atoms with Crippen LogP contribution in [0.15, 0.2) is 0 Å². The van der Waals surface area contributed by atoms with Gasteiger partial charge in [0.25, 0.3) is 0 Å². The van der Waals surface area contributed by atoms with E-state index in [1.807, 2.05) is 0 Å². The minimum atomic E-state index is -0.122. The second-order valence-electron chi connectivity index (χ2n) is 1.50. The molecule has 0 fully saturated rings. The number of hydroxylamine groups is 2. The lowest BCUT2D eigenvalue weighted by atomic mass is 10.7. The molecule has 0 saturated heterocycles. The molecule has 5 N–H and O–H groups in total. The molecule has 0 atom stereocenters. The van der Waals surface area contributed by atoms with E-state index in [-0.39, 0.29) is 5.96 Å². The molecule has 0 aliphatic carbocycles. The monoisotopic (exact) mass is 132 g/mol. The highest BCUT2D eigenvalue weighted by Gasteiger charge is 1.95. The molecule has 0 amide bonds. The van der Waals surface area contributed by atoms with Crippen molar-refractivity contribution in [2.75, 3.05) is 20.2 Å². The molecule has 0 aliphatic rings. The number of hydrogen-bond acceptors (Lipinski definition) is 3. The van der Waals surface area contributed by atoms with E-state index in [1.165, 1.54) is 0 Å². The maximum atomic E-state index is 6.82. The summed E-state index contributed by atoms with van der Waals surface area (Å²) in [5, 5.41) is 7.98.